The zero-order chi connectivity index (χ0) is 14.5. The first-order valence-corrected chi connectivity index (χ1v) is 5.88. The molecule has 0 aliphatic heterocycles. The second-order valence-electron chi connectivity index (χ2n) is 4.19. The maximum Gasteiger partial charge on any atom is 0.335 e. The molecule has 6 nitrogen and oxygen atoms in total. The first-order valence-electron chi connectivity index (χ1n) is 5.88. The van der Waals surface area contributed by atoms with Crippen molar-refractivity contribution in [3.8, 4) is 0 Å². The molecule has 1 heterocycles. The average Bonchev–Trinajstić information content (AvgIpc) is 2.41. The van der Waals surface area contributed by atoms with Crippen LogP contribution in [0, 0.1) is 0 Å². The van der Waals surface area contributed by atoms with Crippen molar-refractivity contribution in [3.63, 3.8) is 0 Å². The van der Waals surface area contributed by atoms with Crippen molar-refractivity contribution in [1.82, 2.24) is 4.98 Å². The van der Waals surface area contributed by atoms with E-state index in [1.54, 1.807) is 24.3 Å². The zero-order valence-corrected chi connectivity index (χ0v) is 10.5. The molecule has 2 rings (SSSR count). The number of aromatic carboxylic acids is 1. The van der Waals surface area contributed by atoms with Gasteiger partial charge in [0.1, 0.15) is 0 Å². The van der Waals surface area contributed by atoms with Gasteiger partial charge in [0.2, 0.25) is 5.91 Å². The molecule has 0 radical (unpaired) electrons. The topological polar surface area (TPSA) is 105 Å². The molecular weight excluding hydrogens is 258 g/mol. The van der Waals surface area contributed by atoms with Gasteiger partial charge in [-0.25, -0.2) is 4.79 Å². The van der Waals surface area contributed by atoms with Crippen LogP contribution in [0.15, 0.2) is 42.6 Å². The molecule has 1 aromatic heterocycles. The Kier molecular flexibility index (Phi) is 3.95. The monoisotopic (exact) mass is 271 g/mol. The van der Waals surface area contributed by atoms with E-state index in [9.17, 15) is 9.59 Å². The summed E-state index contributed by atoms with van der Waals surface area (Å²) in [6.07, 6.45) is 1.57. The quantitative estimate of drug-likeness (QED) is 0.782. The van der Waals surface area contributed by atoms with E-state index in [4.69, 9.17) is 10.8 Å². The molecule has 0 bridgehead atoms. The maximum absolute atomic E-state index is 11.8. The van der Waals surface area contributed by atoms with Gasteiger partial charge in [0.05, 0.1) is 23.9 Å². The van der Waals surface area contributed by atoms with Gasteiger partial charge in [-0.15, -0.1) is 0 Å². The van der Waals surface area contributed by atoms with Gasteiger partial charge in [-0.3, -0.25) is 9.78 Å². The lowest BCUT2D eigenvalue weighted by Crippen LogP contribution is -2.15. The molecule has 0 unspecified atom stereocenters. The Morgan fingerprint density at radius 2 is 2.05 bits per heavy atom. The Hall–Kier alpha value is -2.89. The van der Waals surface area contributed by atoms with Gasteiger partial charge in [0, 0.05) is 11.4 Å². The number of carbonyl (C=O) groups excluding carboxylic acids is 1. The molecule has 20 heavy (non-hydrogen) atoms. The first kappa shape index (κ1) is 13.5. The van der Waals surface area contributed by atoms with Gasteiger partial charge >= 0.3 is 5.97 Å². The normalized spacial score (nSPS) is 10.0. The van der Waals surface area contributed by atoms with Crippen molar-refractivity contribution in [2.45, 2.75) is 6.42 Å². The number of carboxylic acids is 1. The zero-order valence-electron chi connectivity index (χ0n) is 10.5. The smallest absolute Gasteiger partial charge is 0.335 e. The Bertz CT molecular complexity index is 638. The molecule has 1 amide bonds. The molecule has 0 saturated heterocycles. The number of pyridine rings is 1. The van der Waals surface area contributed by atoms with E-state index in [1.807, 2.05) is 0 Å². The number of hydrogen-bond acceptors (Lipinski definition) is 4. The van der Waals surface area contributed by atoms with E-state index in [2.05, 4.69) is 10.3 Å². The van der Waals surface area contributed by atoms with E-state index < -0.39 is 5.97 Å². The molecule has 102 valence electrons. The SMILES string of the molecule is Nc1ccc(CC(=O)Nc2cccc(C(=O)O)c2)nc1. The lowest BCUT2D eigenvalue weighted by molar-refractivity contribution is -0.115. The molecule has 0 aliphatic carbocycles. The van der Waals surface area contributed by atoms with E-state index in [-0.39, 0.29) is 17.9 Å². The number of nitrogens with zero attached hydrogens (tertiary/aromatic N) is 1. The number of carboxylic acid groups (broad SMARTS) is 1. The first-order chi connectivity index (χ1) is 9.54. The Morgan fingerprint density at radius 1 is 1.25 bits per heavy atom. The maximum atomic E-state index is 11.8. The Balaban J connectivity index is 2.02. The minimum absolute atomic E-state index is 0.0948. The number of benzene rings is 1. The van der Waals surface area contributed by atoms with Crippen LogP contribution in [0.25, 0.3) is 0 Å². The van der Waals surface area contributed by atoms with Crippen molar-refractivity contribution in [3.05, 3.63) is 53.9 Å². The molecule has 0 spiro atoms. The van der Waals surface area contributed by atoms with Crippen molar-refractivity contribution in [1.29, 1.82) is 0 Å². The lowest BCUT2D eigenvalue weighted by atomic mass is 10.2. The molecule has 0 atom stereocenters. The standard InChI is InChI=1S/C14H13N3O3/c15-10-4-5-11(16-8-10)7-13(18)17-12-3-1-2-9(6-12)14(19)20/h1-6,8H,7,15H2,(H,17,18)(H,19,20). The molecule has 2 aromatic rings. The molecule has 0 fully saturated rings. The van der Waals surface area contributed by atoms with Crippen LogP contribution in [0.1, 0.15) is 16.1 Å². The van der Waals surface area contributed by atoms with E-state index in [1.165, 1.54) is 18.3 Å². The fraction of sp³-hybridized carbons (Fsp3) is 0.0714. The highest BCUT2D eigenvalue weighted by Gasteiger charge is 2.07. The van der Waals surface area contributed by atoms with Gasteiger partial charge in [-0.2, -0.15) is 0 Å². The molecule has 0 saturated carbocycles. The third-order valence-electron chi connectivity index (χ3n) is 2.58. The summed E-state index contributed by atoms with van der Waals surface area (Å²) in [4.78, 5) is 26.7. The minimum Gasteiger partial charge on any atom is -0.478 e. The van der Waals surface area contributed by atoms with Crippen molar-refractivity contribution in [2.24, 2.45) is 0 Å². The Morgan fingerprint density at radius 3 is 2.70 bits per heavy atom. The van der Waals surface area contributed by atoms with Gasteiger partial charge in [0.25, 0.3) is 0 Å². The van der Waals surface area contributed by atoms with Crippen LogP contribution < -0.4 is 11.1 Å². The average molecular weight is 271 g/mol. The second kappa shape index (κ2) is 5.83. The number of amides is 1. The summed E-state index contributed by atoms with van der Waals surface area (Å²) in [7, 11) is 0. The van der Waals surface area contributed by atoms with Crippen LogP contribution >= 0.6 is 0 Å². The van der Waals surface area contributed by atoms with Crippen molar-refractivity contribution in [2.75, 3.05) is 11.1 Å². The summed E-state index contributed by atoms with van der Waals surface area (Å²) >= 11 is 0. The number of anilines is 2. The molecule has 0 aliphatic rings. The number of carbonyl (C=O) groups is 2. The third-order valence-corrected chi connectivity index (χ3v) is 2.58. The second-order valence-corrected chi connectivity index (χ2v) is 4.19. The number of nitrogens with one attached hydrogen (secondary N) is 1. The van der Waals surface area contributed by atoms with E-state index >= 15 is 0 Å². The van der Waals surface area contributed by atoms with Crippen LogP contribution in [0.3, 0.4) is 0 Å². The highest BCUT2D eigenvalue weighted by atomic mass is 16.4. The molecule has 1 aromatic carbocycles. The van der Waals surface area contributed by atoms with Gasteiger partial charge in [0.15, 0.2) is 0 Å². The summed E-state index contributed by atoms with van der Waals surface area (Å²) < 4.78 is 0. The summed E-state index contributed by atoms with van der Waals surface area (Å²) in [5.41, 5.74) is 7.18. The third kappa shape index (κ3) is 3.55. The lowest BCUT2D eigenvalue weighted by Gasteiger charge is -2.06. The summed E-state index contributed by atoms with van der Waals surface area (Å²) in [6.45, 7) is 0. The minimum atomic E-state index is -1.04. The van der Waals surface area contributed by atoms with Gasteiger partial charge < -0.3 is 16.2 Å². The summed E-state index contributed by atoms with van der Waals surface area (Å²) in [6, 6.07) is 9.39. The van der Waals surface area contributed by atoms with Gasteiger partial charge in [-0.1, -0.05) is 6.07 Å². The van der Waals surface area contributed by atoms with Crippen molar-refractivity contribution >= 4 is 23.3 Å². The van der Waals surface area contributed by atoms with Crippen LogP contribution in [0.5, 0.6) is 0 Å². The largest absolute Gasteiger partial charge is 0.478 e. The summed E-state index contributed by atoms with van der Waals surface area (Å²) in [5.74, 6) is -1.31. The predicted octanol–water partition coefficient (Wildman–Crippen LogP) is 1.54. The molecule has 4 N–H and O–H groups in total. The Labute approximate surface area is 115 Å². The van der Waals surface area contributed by atoms with E-state index in [0.717, 1.165) is 0 Å². The fourth-order valence-electron chi connectivity index (χ4n) is 1.64. The van der Waals surface area contributed by atoms with Crippen LogP contribution in [-0.2, 0) is 11.2 Å². The fourth-order valence-corrected chi connectivity index (χ4v) is 1.64. The molecular formula is C14H13N3O3. The predicted molar refractivity (Wildman–Crippen MR) is 74.4 cm³/mol. The number of aromatic nitrogens is 1. The number of nitrogens with two attached hydrogens (primary N) is 1. The van der Waals surface area contributed by atoms with Crippen LogP contribution in [0.4, 0.5) is 11.4 Å². The number of nitrogen functional groups attached to an aromatic ring is 1. The highest BCUT2D eigenvalue weighted by Crippen LogP contribution is 2.11. The van der Waals surface area contributed by atoms with Crippen LogP contribution in [0.2, 0.25) is 0 Å². The van der Waals surface area contributed by atoms with Crippen molar-refractivity contribution < 1.29 is 14.7 Å². The summed E-state index contributed by atoms with van der Waals surface area (Å²) in [5, 5.41) is 11.5. The van der Waals surface area contributed by atoms with Crippen LogP contribution in [-0.4, -0.2) is 22.0 Å². The molecule has 6 heteroatoms. The van der Waals surface area contributed by atoms with E-state index in [0.29, 0.717) is 17.1 Å². The number of rotatable bonds is 4. The van der Waals surface area contributed by atoms with Gasteiger partial charge in [-0.05, 0) is 30.3 Å². The number of hydrogen-bond donors (Lipinski definition) is 3. The highest BCUT2D eigenvalue weighted by molar-refractivity contribution is 5.94.